The first-order chi connectivity index (χ1) is 17.8. The Balaban J connectivity index is 1.74. The maximum atomic E-state index is 13.6. The number of methoxy groups -OCH3 is 1. The van der Waals surface area contributed by atoms with Gasteiger partial charge in [-0.1, -0.05) is 27.7 Å². The lowest BCUT2D eigenvalue weighted by Crippen LogP contribution is -2.37. The minimum atomic E-state index is -1.22. The van der Waals surface area contributed by atoms with E-state index in [0.29, 0.717) is 70.9 Å². The largest absolute Gasteiger partial charge is 0.496 e. The smallest absolute Gasteiger partial charge is 0.356 e. The molecule has 0 saturated carbocycles. The fourth-order valence-electron chi connectivity index (χ4n) is 5.91. The molecule has 0 fully saturated rings. The molecule has 5 rings (SSSR count). The van der Waals surface area contributed by atoms with Crippen molar-refractivity contribution >= 4 is 23.2 Å². The third kappa shape index (κ3) is 4.38. The first kappa shape index (κ1) is 25.7. The van der Waals surface area contributed by atoms with Gasteiger partial charge in [0.15, 0.2) is 17.3 Å². The number of allylic oxidation sites excluding steroid dienone is 4. The number of hydrogen-bond acceptors (Lipinski definition) is 7. The lowest BCUT2D eigenvalue weighted by atomic mass is 9.65. The number of carboxylic acids is 1. The summed E-state index contributed by atoms with van der Waals surface area (Å²) in [5.74, 6) is -0.211. The van der Waals surface area contributed by atoms with Crippen LogP contribution in [-0.4, -0.2) is 34.7 Å². The molecule has 1 aliphatic heterocycles. The van der Waals surface area contributed by atoms with Gasteiger partial charge in [-0.05, 0) is 41.2 Å². The van der Waals surface area contributed by atoms with Crippen molar-refractivity contribution in [3.8, 4) is 17.0 Å². The summed E-state index contributed by atoms with van der Waals surface area (Å²) >= 11 is 0. The maximum Gasteiger partial charge on any atom is 0.356 e. The van der Waals surface area contributed by atoms with Crippen molar-refractivity contribution in [2.24, 2.45) is 10.8 Å². The number of pyridine rings is 1. The molecule has 8 nitrogen and oxygen atoms in total. The first-order valence-corrected chi connectivity index (χ1v) is 12.7. The highest BCUT2D eigenvalue weighted by Crippen LogP contribution is 2.54. The van der Waals surface area contributed by atoms with E-state index in [2.05, 4.69) is 4.98 Å². The molecule has 0 spiro atoms. The minimum Gasteiger partial charge on any atom is -0.496 e. The van der Waals surface area contributed by atoms with E-state index in [1.165, 1.54) is 6.07 Å². The molecule has 0 atom stereocenters. The van der Waals surface area contributed by atoms with Gasteiger partial charge in [-0.2, -0.15) is 0 Å². The van der Waals surface area contributed by atoms with Crippen molar-refractivity contribution in [3.63, 3.8) is 0 Å². The Morgan fingerprint density at radius 1 is 0.974 bits per heavy atom. The molecule has 0 unspecified atom stereocenters. The standard InChI is InChI=1S/C30H32N2O6/c1-29(2)11-19(33)25-22(13-29)38-23-14-30(3,4)12-20(34)26(23)24(25)16-10-15(6-9-21(16)37-5)18-8-7-17(31)27(32-18)28(35)36/h6-10,24H,11-14,31H2,1-5H3,(H,35,36). The van der Waals surface area contributed by atoms with E-state index >= 15 is 0 Å². The van der Waals surface area contributed by atoms with Crippen LogP contribution in [0.2, 0.25) is 0 Å². The number of ketones is 2. The second kappa shape index (κ2) is 8.82. The van der Waals surface area contributed by atoms with Crippen molar-refractivity contribution < 1.29 is 29.0 Å². The zero-order valence-corrected chi connectivity index (χ0v) is 22.3. The number of carbonyl (C=O) groups excluding carboxylic acids is 2. The number of rotatable bonds is 4. The Kier molecular flexibility index (Phi) is 5.97. The van der Waals surface area contributed by atoms with Gasteiger partial charge in [0.05, 0.1) is 24.4 Å². The topological polar surface area (TPSA) is 129 Å². The Morgan fingerprint density at radius 2 is 1.55 bits per heavy atom. The van der Waals surface area contributed by atoms with E-state index in [4.69, 9.17) is 15.2 Å². The molecular formula is C30H32N2O6. The van der Waals surface area contributed by atoms with Crippen LogP contribution in [0.4, 0.5) is 5.69 Å². The van der Waals surface area contributed by atoms with Gasteiger partial charge < -0.3 is 20.3 Å². The molecule has 2 heterocycles. The van der Waals surface area contributed by atoms with Gasteiger partial charge in [0.25, 0.3) is 0 Å². The third-order valence-electron chi connectivity index (χ3n) is 7.55. The van der Waals surface area contributed by atoms with Crippen molar-refractivity contribution in [1.82, 2.24) is 4.98 Å². The highest BCUT2D eigenvalue weighted by atomic mass is 16.5. The highest BCUT2D eigenvalue weighted by Gasteiger charge is 2.48. The molecule has 0 amide bonds. The Bertz CT molecular complexity index is 1410. The zero-order chi connectivity index (χ0) is 27.6. The summed E-state index contributed by atoms with van der Waals surface area (Å²) in [7, 11) is 1.55. The number of nitrogens with zero attached hydrogens (tertiary/aromatic N) is 1. The van der Waals surface area contributed by atoms with Crippen LogP contribution in [0.5, 0.6) is 5.75 Å². The number of carbonyl (C=O) groups is 3. The van der Waals surface area contributed by atoms with Crippen molar-refractivity contribution in [3.05, 3.63) is 64.3 Å². The quantitative estimate of drug-likeness (QED) is 0.550. The number of aromatic carboxylic acids is 1. The third-order valence-corrected chi connectivity index (χ3v) is 7.55. The van der Waals surface area contributed by atoms with Gasteiger partial charge in [0, 0.05) is 48.0 Å². The monoisotopic (exact) mass is 516 g/mol. The van der Waals surface area contributed by atoms with Gasteiger partial charge in [-0.3, -0.25) is 9.59 Å². The molecule has 3 aliphatic rings. The fraction of sp³-hybridized carbons (Fsp3) is 0.400. The average Bonchev–Trinajstić information content (AvgIpc) is 2.80. The predicted molar refractivity (Wildman–Crippen MR) is 142 cm³/mol. The summed E-state index contributed by atoms with van der Waals surface area (Å²) in [6.45, 7) is 8.17. The molecule has 8 heteroatoms. The van der Waals surface area contributed by atoms with E-state index in [-0.39, 0.29) is 33.8 Å². The average molecular weight is 517 g/mol. The van der Waals surface area contributed by atoms with Crippen LogP contribution < -0.4 is 10.5 Å². The number of Topliss-reactive ketones (excluding diaryl/α,β-unsaturated/α-hetero) is 2. The van der Waals surface area contributed by atoms with Crippen LogP contribution >= 0.6 is 0 Å². The SMILES string of the molecule is COc1ccc(-c2ccc(N)c(C(=O)O)n2)cc1C1C2=C(CC(C)(C)CC2=O)OC2=C1C(=O)CC(C)(C)C2. The maximum absolute atomic E-state index is 13.6. The number of nitrogens with two attached hydrogens (primary N) is 1. The normalized spacial score (nSPS) is 20.6. The molecule has 2 aliphatic carbocycles. The Morgan fingerprint density at radius 3 is 2.08 bits per heavy atom. The molecule has 1 aromatic heterocycles. The van der Waals surface area contributed by atoms with Crippen LogP contribution in [0.1, 0.15) is 75.3 Å². The second-order valence-electron chi connectivity index (χ2n) is 12.0. The molecule has 38 heavy (non-hydrogen) atoms. The van der Waals surface area contributed by atoms with Crippen LogP contribution in [0.25, 0.3) is 11.3 Å². The van der Waals surface area contributed by atoms with Crippen LogP contribution in [-0.2, 0) is 14.3 Å². The minimum absolute atomic E-state index is 0.0448. The number of benzene rings is 1. The predicted octanol–water partition coefficient (Wildman–Crippen LogP) is 5.44. The molecule has 198 valence electrons. The van der Waals surface area contributed by atoms with Gasteiger partial charge >= 0.3 is 5.97 Å². The number of anilines is 1. The Hall–Kier alpha value is -3.94. The van der Waals surface area contributed by atoms with Crippen LogP contribution in [0.3, 0.4) is 0 Å². The lowest BCUT2D eigenvalue weighted by molar-refractivity contribution is -0.120. The summed E-state index contributed by atoms with van der Waals surface area (Å²) in [6.07, 6.45) is 1.86. The molecule has 0 saturated heterocycles. The van der Waals surface area contributed by atoms with E-state index in [9.17, 15) is 19.5 Å². The van der Waals surface area contributed by atoms with Crippen molar-refractivity contribution in [2.45, 2.75) is 59.3 Å². The molecule has 2 aromatic rings. The molecule has 3 N–H and O–H groups in total. The summed E-state index contributed by atoms with van der Waals surface area (Å²) in [6, 6.07) is 8.51. The molecule has 0 bridgehead atoms. The highest BCUT2D eigenvalue weighted by molar-refractivity contribution is 6.06. The number of aromatic nitrogens is 1. The van der Waals surface area contributed by atoms with E-state index in [0.717, 1.165) is 0 Å². The number of ether oxygens (including phenoxy) is 2. The van der Waals surface area contributed by atoms with E-state index in [1.807, 2.05) is 33.8 Å². The first-order valence-electron chi connectivity index (χ1n) is 12.7. The molecular weight excluding hydrogens is 484 g/mol. The second-order valence-corrected chi connectivity index (χ2v) is 12.0. The van der Waals surface area contributed by atoms with E-state index in [1.54, 1.807) is 25.3 Å². The molecule has 0 radical (unpaired) electrons. The number of nitrogen functional groups attached to an aromatic ring is 1. The van der Waals surface area contributed by atoms with Gasteiger partial charge in [-0.25, -0.2) is 9.78 Å². The number of hydrogen-bond donors (Lipinski definition) is 2. The van der Waals surface area contributed by atoms with Gasteiger partial charge in [-0.15, -0.1) is 0 Å². The number of carboxylic acid groups (broad SMARTS) is 1. The summed E-state index contributed by atoms with van der Waals surface area (Å²) in [5, 5.41) is 9.52. The summed E-state index contributed by atoms with van der Waals surface area (Å²) in [5.41, 5.74) is 7.79. The summed E-state index contributed by atoms with van der Waals surface area (Å²) in [4.78, 5) is 43.2. The molecule has 1 aromatic carbocycles. The fourth-order valence-corrected chi connectivity index (χ4v) is 5.91. The zero-order valence-electron chi connectivity index (χ0n) is 22.3. The van der Waals surface area contributed by atoms with Crippen molar-refractivity contribution in [1.29, 1.82) is 0 Å². The van der Waals surface area contributed by atoms with E-state index < -0.39 is 11.9 Å². The lowest BCUT2D eigenvalue weighted by Gasteiger charge is -2.43. The van der Waals surface area contributed by atoms with Gasteiger partial charge in [0.2, 0.25) is 0 Å². The van der Waals surface area contributed by atoms with Crippen LogP contribution in [0, 0.1) is 10.8 Å². The van der Waals surface area contributed by atoms with Gasteiger partial charge in [0.1, 0.15) is 17.3 Å². The Labute approximate surface area is 221 Å². The van der Waals surface area contributed by atoms with Crippen LogP contribution in [0.15, 0.2) is 53.0 Å². The van der Waals surface area contributed by atoms with Crippen molar-refractivity contribution in [2.75, 3.05) is 12.8 Å². The summed E-state index contributed by atoms with van der Waals surface area (Å²) < 4.78 is 12.1.